The lowest BCUT2D eigenvalue weighted by Gasteiger charge is -2.09. The lowest BCUT2D eigenvalue weighted by molar-refractivity contribution is -0.384. The molecule has 0 saturated heterocycles. The summed E-state index contributed by atoms with van der Waals surface area (Å²) in [7, 11) is 0. The van der Waals surface area contributed by atoms with Crippen LogP contribution in [0.25, 0.3) is 0 Å². The Bertz CT molecular complexity index is 728. The van der Waals surface area contributed by atoms with Gasteiger partial charge in [0.2, 0.25) is 5.91 Å². The van der Waals surface area contributed by atoms with Crippen molar-refractivity contribution in [2.75, 3.05) is 11.9 Å². The van der Waals surface area contributed by atoms with Gasteiger partial charge in [-0.15, -0.1) is 0 Å². The number of ether oxygens (including phenoxy) is 1. The third-order valence-electron chi connectivity index (χ3n) is 3.33. The van der Waals surface area contributed by atoms with Crippen LogP contribution in [0.5, 0.6) is 0 Å². The van der Waals surface area contributed by atoms with Gasteiger partial charge in [-0.25, -0.2) is 0 Å². The number of hydrogen-bond acceptors (Lipinski definition) is 4. The van der Waals surface area contributed by atoms with Crippen LogP contribution in [-0.4, -0.2) is 17.4 Å². The van der Waals surface area contributed by atoms with Gasteiger partial charge in [0.15, 0.2) is 0 Å². The van der Waals surface area contributed by atoms with Gasteiger partial charge in [-0.05, 0) is 31.0 Å². The van der Waals surface area contributed by atoms with Crippen molar-refractivity contribution < 1.29 is 14.5 Å². The molecule has 0 unspecified atom stereocenters. The van der Waals surface area contributed by atoms with Gasteiger partial charge in [0, 0.05) is 17.8 Å². The van der Waals surface area contributed by atoms with E-state index in [4.69, 9.17) is 4.74 Å². The van der Waals surface area contributed by atoms with Crippen LogP contribution in [-0.2, 0) is 16.1 Å². The number of non-ortho nitro benzene ring substituents is 1. The molecule has 2 rings (SSSR count). The maximum absolute atomic E-state index is 11.8. The number of nitro benzene ring substituents is 1. The molecule has 120 valence electrons. The van der Waals surface area contributed by atoms with Crippen molar-refractivity contribution in [3.05, 3.63) is 69.3 Å². The summed E-state index contributed by atoms with van der Waals surface area (Å²) in [6.07, 6.45) is 0. The van der Waals surface area contributed by atoms with Gasteiger partial charge in [-0.2, -0.15) is 0 Å². The molecule has 0 radical (unpaired) electrons. The topological polar surface area (TPSA) is 81.5 Å². The molecule has 6 nitrogen and oxygen atoms in total. The molecule has 2 aromatic rings. The predicted octanol–water partition coefficient (Wildman–Crippen LogP) is 3.37. The van der Waals surface area contributed by atoms with Crippen molar-refractivity contribution in [1.29, 1.82) is 0 Å². The van der Waals surface area contributed by atoms with Gasteiger partial charge in [0.1, 0.15) is 6.61 Å². The van der Waals surface area contributed by atoms with E-state index < -0.39 is 4.92 Å². The van der Waals surface area contributed by atoms with E-state index in [1.54, 1.807) is 6.07 Å². The predicted molar refractivity (Wildman–Crippen MR) is 87.3 cm³/mol. The smallest absolute Gasteiger partial charge is 0.271 e. The van der Waals surface area contributed by atoms with E-state index in [1.165, 1.54) is 23.8 Å². The number of amides is 1. The van der Waals surface area contributed by atoms with Crippen molar-refractivity contribution in [1.82, 2.24) is 0 Å². The van der Waals surface area contributed by atoms with Crippen LogP contribution in [0.2, 0.25) is 0 Å². The number of carbonyl (C=O) groups excluding carboxylic acids is 1. The molecule has 0 heterocycles. The molecule has 1 amide bonds. The second kappa shape index (κ2) is 7.51. The average Bonchev–Trinajstić information content (AvgIpc) is 2.49. The number of aryl methyl sites for hydroxylation is 2. The zero-order chi connectivity index (χ0) is 16.8. The molecule has 2 aromatic carbocycles. The van der Waals surface area contributed by atoms with Crippen molar-refractivity contribution in [2.24, 2.45) is 0 Å². The monoisotopic (exact) mass is 314 g/mol. The Labute approximate surface area is 134 Å². The summed E-state index contributed by atoms with van der Waals surface area (Å²) in [4.78, 5) is 22.0. The largest absolute Gasteiger partial charge is 0.367 e. The van der Waals surface area contributed by atoms with Crippen LogP contribution in [0.1, 0.15) is 16.7 Å². The fraction of sp³-hybridized carbons (Fsp3) is 0.235. The van der Waals surface area contributed by atoms with Crippen LogP contribution < -0.4 is 5.32 Å². The molecule has 0 bridgehead atoms. The highest BCUT2D eigenvalue weighted by Gasteiger charge is 2.08. The number of carbonyl (C=O) groups is 1. The summed E-state index contributed by atoms with van der Waals surface area (Å²) < 4.78 is 5.41. The third-order valence-corrected chi connectivity index (χ3v) is 3.33. The first-order valence-corrected chi connectivity index (χ1v) is 7.14. The van der Waals surface area contributed by atoms with E-state index in [1.807, 2.05) is 26.0 Å². The molecular weight excluding hydrogens is 296 g/mol. The Morgan fingerprint density at radius 3 is 2.70 bits per heavy atom. The van der Waals surface area contributed by atoms with Crippen molar-refractivity contribution in [3.8, 4) is 0 Å². The SMILES string of the molecule is Cc1ccc(COCC(=O)Nc2cccc([N+](=O)[O-])c2)c(C)c1. The highest BCUT2D eigenvalue weighted by atomic mass is 16.6. The van der Waals surface area contributed by atoms with Crippen molar-refractivity contribution in [2.45, 2.75) is 20.5 Å². The van der Waals surface area contributed by atoms with Crippen LogP contribution >= 0.6 is 0 Å². The standard InChI is InChI=1S/C17H18N2O4/c1-12-6-7-14(13(2)8-12)10-23-11-17(20)18-15-4-3-5-16(9-15)19(21)22/h3-9H,10-11H2,1-2H3,(H,18,20). The minimum Gasteiger partial charge on any atom is -0.367 e. The molecule has 0 aromatic heterocycles. The molecule has 0 spiro atoms. The van der Waals surface area contributed by atoms with Crippen LogP contribution in [0.3, 0.4) is 0 Å². The van der Waals surface area contributed by atoms with Crippen LogP contribution in [0.4, 0.5) is 11.4 Å². The van der Waals surface area contributed by atoms with Gasteiger partial charge in [-0.3, -0.25) is 14.9 Å². The van der Waals surface area contributed by atoms with Gasteiger partial charge in [-0.1, -0.05) is 29.8 Å². The van der Waals surface area contributed by atoms with Crippen LogP contribution in [0, 0.1) is 24.0 Å². The molecule has 0 aliphatic rings. The molecule has 0 saturated carbocycles. The normalized spacial score (nSPS) is 10.3. The van der Waals surface area contributed by atoms with E-state index in [0.29, 0.717) is 12.3 Å². The quantitative estimate of drug-likeness (QED) is 0.654. The van der Waals surface area contributed by atoms with E-state index in [0.717, 1.165) is 11.1 Å². The highest BCUT2D eigenvalue weighted by Crippen LogP contribution is 2.17. The lowest BCUT2D eigenvalue weighted by atomic mass is 10.1. The zero-order valence-corrected chi connectivity index (χ0v) is 13.0. The summed E-state index contributed by atoms with van der Waals surface area (Å²) >= 11 is 0. The van der Waals surface area contributed by atoms with Crippen molar-refractivity contribution >= 4 is 17.3 Å². The summed E-state index contributed by atoms with van der Waals surface area (Å²) in [5.74, 6) is -0.352. The first-order chi connectivity index (χ1) is 11.0. The minimum atomic E-state index is -0.508. The van der Waals surface area contributed by atoms with Gasteiger partial charge < -0.3 is 10.1 Å². The first kappa shape index (κ1) is 16.6. The number of hydrogen-bond donors (Lipinski definition) is 1. The van der Waals surface area contributed by atoms with Gasteiger partial charge in [0.05, 0.1) is 11.5 Å². The van der Waals surface area contributed by atoms with Crippen LogP contribution in [0.15, 0.2) is 42.5 Å². The summed E-state index contributed by atoms with van der Waals surface area (Å²) in [6.45, 7) is 4.24. The summed E-state index contributed by atoms with van der Waals surface area (Å²) in [5, 5.41) is 13.3. The maximum Gasteiger partial charge on any atom is 0.271 e. The molecule has 0 aliphatic heterocycles. The molecule has 23 heavy (non-hydrogen) atoms. The van der Waals surface area contributed by atoms with E-state index in [9.17, 15) is 14.9 Å². The van der Waals surface area contributed by atoms with Crippen molar-refractivity contribution in [3.63, 3.8) is 0 Å². The third kappa shape index (κ3) is 4.89. The first-order valence-electron chi connectivity index (χ1n) is 7.14. The Balaban J connectivity index is 1.85. The number of rotatable bonds is 6. The fourth-order valence-corrected chi connectivity index (χ4v) is 2.16. The Hall–Kier alpha value is -2.73. The number of nitrogens with zero attached hydrogens (tertiary/aromatic N) is 1. The minimum absolute atomic E-state index is 0.0704. The number of nitrogens with one attached hydrogen (secondary N) is 1. The Morgan fingerprint density at radius 2 is 2.00 bits per heavy atom. The summed E-state index contributed by atoms with van der Waals surface area (Å²) in [6, 6.07) is 11.8. The molecule has 6 heteroatoms. The molecule has 1 N–H and O–H groups in total. The highest BCUT2D eigenvalue weighted by molar-refractivity contribution is 5.91. The zero-order valence-electron chi connectivity index (χ0n) is 13.0. The van der Waals surface area contributed by atoms with E-state index in [-0.39, 0.29) is 18.2 Å². The van der Waals surface area contributed by atoms with Gasteiger partial charge in [0.25, 0.3) is 5.69 Å². The van der Waals surface area contributed by atoms with E-state index >= 15 is 0 Å². The second-order valence-corrected chi connectivity index (χ2v) is 5.28. The Kier molecular flexibility index (Phi) is 5.43. The number of benzene rings is 2. The average molecular weight is 314 g/mol. The summed E-state index contributed by atoms with van der Waals surface area (Å²) in [5.41, 5.74) is 3.62. The van der Waals surface area contributed by atoms with E-state index in [2.05, 4.69) is 11.4 Å². The number of anilines is 1. The second-order valence-electron chi connectivity index (χ2n) is 5.28. The molecule has 0 aliphatic carbocycles. The fourth-order valence-electron chi connectivity index (χ4n) is 2.16. The maximum atomic E-state index is 11.8. The molecule has 0 atom stereocenters. The lowest BCUT2D eigenvalue weighted by Crippen LogP contribution is -2.18. The van der Waals surface area contributed by atoms with Gasteiger partial charge >= 0.3 is 0 Å². The Morgan fingerprint density at radius 1 is 1.22 bits per heavy atom. The molecule has 0 fully saturated rings. The number of nitro groups is 1. The molecular formula is C17H18N2O4.